The fraction of sp³-hybridized carbons (Fsp3) is 0.167. The molecule has 2 heterocycles. The van der Waals surface area contributed by atoms with Gasteiger partial charge >= 0.3 is 0 Å². The molecule has 2 aromatic heterocycles. The fourth-order valence-electron chi connectivity index (χ4n) is 2.22. The highest BCUT2D eigenvalue weighted by Crippen LogP contribution is 2.22. The van der Waals surface area contributed by atoms with Crippen LogP contribution in [0.5, 0.6) is 0 Å². The van der Waals surface area contributed by atoms with Crippen LogP contribution < -0.4 is 10.2 Å². The first-order valence-corrected chi connectivity index (χ1v) is 7.52. The molecular formula is C18H18N4O2. The van der Waals surface area contributed by atoms with Gasteiger partial charge in [-0.1, -0.05) is 18.2 Å². The van der Waals surface area contributed by atoms with E-state index >= 15 is 0 Å². The van der Waals surface area contributed by atoms with Gasteiger partial charge in [0.25, 0.3) is 5.91 Å². The van der Waals surface area contributed by atoms with E-state index in [-0.39, 0.29) is 11.7 Å². The summed E-state index contributed by atoms with van der Waals surface area (Å²) in [6.45, 7) is 1.75. The molecule has 0 unspecified atom stereocenters. The number of carbonyl (C=O) groups excluding carboxylic acids is 1. The first kappa shape index (κ1) is 15.7. The Morgan fingerprint density at radius 1 is 1.12 bits per heavy atom. The van der Waals surface area contributed by atoms with Crippen LogP contribution in [0.4, 0.5) is 11.5 Å². The van der Waals surface area contributed by atoms with E-state index in [0.29, 0.717) is 17.3 Å². The van der Waals surface area contributed by atoms with Crippen molar-refractivity contribution in [1.29, 1.82) is 0 Å². The number of carbonyl (C=O) groups is 1. The third-order valence-corrected chi connectivity index (χ3v) is 3.49. The largest absolute Gasteiger partial charge is 0.431 e. The first-order chi connectivity index (χ1) is 11.5. The van der Waals surface area contributed by atoms with Crippen LogP contribution in [-0.4, -0.2) is 30.0 Å². The van der Waals surface area contributed by atoms with E-state index in [1.807, 2.05) is 55.4 Å². The number of oxazole rings is 1. The molecule has 0 aliphatic heterocycles. The van der Waals surface area contributed by atoms with Gasteiger partial charge in [0.2, 0.25) is 11.7 Å². The molecule has 24 heavy (non-hydrogen) atoms. The lowest BCUT2D eigenvalue weighted by Crippen LogP contribution is -2.14. The molecule has 6 heteroatoms. The van der Waals surface area contributed by atoms with Gasteiger partial charge < -0.3 is 14.6 Å². The maximum absolute atomic E-state index is 12.4. The van der Waals surface area contributed by atoms with E-state index < -0.39 is 0 Å². The van der Waals surface area contributed by atoms with Crippen LogP contribution in [0.25, 0.3) is 11.5 Å². The highest BCUT2D eigenvalue weighted by atomic mass is 16.4. The molecule has 0 radical (unpaired) electrons. The summed E-state index contributed by atoms with van der Waals surface area (Å²) in [6, 6.07) is 13.1. The number of benzene rings is 1. The van der Waals surface area contributed by atoms with Gasteiger partial charge in [-0.3, -0.25) is 4.79 Å². The van der Waals surface area contributed by atoms with E-state index in [9.17, 15) is 4.79 Å². The number of rotatable bonds is 4. The number of hydrogen-bond donors (Lipinski definition) is 1. The molecule has 1 N–H and O–H groups in total. The van der Waals surface area contributed by atoms with Gasteiger partial charge in [-0.25, -0.2) is 9.97 Å². The minimum absolute atomic E-state index is 0.200. The molecule has 0 fully saturated rings. The van der Waals surface area contributed by atoms with Crippen LogP contribution in [0.2, 0.25) is 0 Å². The SMILES string of the molecule is Cc1nc(-c2ccccc2)oc1C(=O)Nc1ccc(N(C)C)nc1. The van der Waals surface area contributed by atoms with Crippen molar-refractivity contribution in [2.45, 2.75) is 6.92 Å². The molecule has 0 saturated heterocycles. The second-order valence-corrected chi connectivity index (χ2v) is 5.55. The fourth-order valence-corrected chi connectivity index (χ4v) is 2.22. The molecule has 3 aromatic rings. The van der Waals surface area contributed by atoms with Crippen molar-refractivity contribution in [3.05, 3.63) is 60.1 Å². The van der Waals surface area contributed by atoms with Crippen LogP contribution in [0.1, 0.15) is 16.2 Å². The average Bonchev–Trinajstić information content (AvgIpc) is 2.98. The first-order valence-electron chi connectivity index (χ1n) is 7.52. The number of hydrogen-bond acceptors (Lipinski definition) is 5. The average molecular weight is 322 g/mol. The van der Waals surface area contributed by atoms with Crippen molar-refractivity contribution < 1.29 is 9.21 Å². The molecule has 0 aliphatic carbocycles. The van der Waals surface area contributed by atoms with Crippen molar-refractivity contribution >= 4 is 17.4 Å². The van der Waals surface area contributed by atoms with E-state index in [4.69, 9.17) is 4.42 Å². The van der Waals surface area contributed by atoms with Crippen molar-refractivity contribution in [3.8, 4) is 11.5 Å². The zero-order chi connectivity index (χ0) is 17.1. The molecule has 0 atom stereocenters. The Hall–Kier alpha value is -3.15. The molecule has 0 spiro atoms. The number of aryl methyl sites for hydroxylation is 1. The molecule has 122 valence electrons. The molecule has 3 rings (SSSR count). The number of nitrogens with zero attached hydrogens (tertiary/aromatic N) is 3. The lowest BCUT2D eigenvalue weighted by molar-refractivity contribution is 0.0996. The van der Waals surface area contributed by atoms with E-state index in [1.54, 1.807) is 19.2 Å². The third kappa shape index (κ3) is 3.27. The normalized spacial score (nSPS) is 10.5. The topological polar surface area (TPSA) is 71.3 Å². The van der Waals surface area contributed by atoms with Crippen LogP contribution in [0.3, 0.4) is 0 Å². The van der Waals surface area contributed by atoms with Crippen molar-refractivity contribution in [1.82, 2.24) is 9.97 Å². The Bertz CT molecular complexity index is 839. The number of anilines is 2. The lowest BCUT2D eigenvalue weighted by atomic mass is 10.2. The minimum atomic E-state index is -0.346. The summed E-state index contributed by atoms with van der Waals surface area (Å²) in [4.78, 5) is 22.9. The minimum Gasteiger partial charge on any atom is -0.431 e. The van der Waals surface area contributed by atoms with Crippen molar-refractivity contribution in [2.24, 2.45) is 0 Å². The lowest BCUT2D eigenvalue weighted by Gasteiger charge is -2.11. The summed E-state index contributed by atoms with van der Waals surface area (Å²) in [6.07, 6.45) is 1.61. The molecular weight excluding hydrogens is 304 g/mol. The van der Waals surface area contributed by atoms with Gasteiger partial charge in [0.05, 0.1) is 17.6 Å². The highest BCUT2D eigenvalue weighted by Gasteiger charge is 2.18. The zero-order valence-electron chi connectivity index (χ0n) is 13.8. The smallest absolute Gasteiger partial charge is 0.293 e. The Morgan fingerprint density at radius 2 is 1.88 bits per heavy atom. The molecule has 0 aliphatic rings. The number of aromatic nitrogens is 2. The van der Waals surface area contributed by atoms with Gasteiger partial charge in [0, 0.05) is 19.7 Å². The molecule has 0 saturated carbocycles. The van der Waals surface area contributed by atoms with Gasteiger partial charge in [0.15, 0.2) is 0 Å². The quantitative estimate of drug-likeness (QED) is 0.797. The molecule has 1 aromatic carbocycles. The number of nitrogens with one attached hydrogen (secondary N) is 1. The summed E-state index contributed by atoms with van der Waals surface area (Å²) in [5.41, 5.74) is 1.98. The van der Waals surface area contributed by atoms with Crippen LogP contribution in [0.15, 0.2) is 53.1 Å². The standard InChI is InChI=1S/C18H18N4O2/c1-12-16(24-18(20-12)13-7-5-4-6-8-13)17(23)21-14-9-10-15(19-11-14)22(2)3/h4-11H,1-3H3,(H,21,23). The number of pyridine rings is 1. The van der Waals surface area contributed by atoms with Gasteiger partial charge in [-0.05, 0) is 31.2 Å². The zero-order valence-corrected chi connectivity index (χ0v) is 13.8. The van der Waals surface area contributed by atoms with Crippen molar-refractivity contribution in [2.75, 3.05) is 24.3 Å². The maximum Gasteiger partial charge on any atom is 0.293 e. The van der Waals surface area contributed by atoms with E-state index in [0.717, 1.165) is 11.4 Å². The number of amides is 1. The monoisotopic (exact) mass is 322 g/mol. The summed E-state index contributed by atoms with van der Waals surface area (Å²) in [5, 5.41) is 2.78. The predicted molar refractivity (Wildman–Crippen MR) is 93.2 cm³/mol. The van der Waals surface area contributed by atoms with Crippen LogP contribution in [-0.2, 0) is 0 Å². The molecule has 1 amide bonds. The van der Waals surface area contributed by atoms with Crippen LogP contribution in [0, 0.1) is 6.92 Å². The van der Waals surface area contributed by atoms with Gasteiger partial charge in [-0.2, -0.15) is 0 Å². The van der Waals surface area contributed by atoms with Crippen LogP contribution >= 0.6 is 0 Å². The molecule has 0 bridgehead atoms. The second kappa shape index (κ2) is 6.54. The summed E-state index contributed by atoms with van der Waals surface area (Å²) < 4.78 is 5.64. The Morgan fingerprint density at radius 3 is 2.50 bits per heavy atom. The summed E-state index contributed by atoms with van der Waals surface area (Å²) >= 11 is 0. The third-order valence-electron chi connectivity index (χ3n) is 3.49. The predicted octanol–water partition coefficient (Wildman–Crippen LogP) is 3.36. The van der Waals surface area contributed by atoms with Gasteiger partial charge in [-0.15, -0.1) is 0 Å². The van der Waals surface area contributed by atoms with Crippen molar-refractivity contribution in [3.63, 3.8) is 0 Å². The van der Waals surface area contributed by atoms with Gasteiger partial charge in [0.1, 0.15) is 5.82 Å². The summed E-state index contributed by atoms with van der Waals surface area (Å²) in [5.74, 6) is 1.10. The maximum atomic E-state index is 12.4. The Labute approximate surface area is 140 Å². The van der Waals surface area contributed by atoms with E-state index in [2.05, 4.69) is 15.3 Å². The Kier molecular flexibility index (Phi) is 4.29. The second-order valence-electron chi connectivity index (χ2n) is 5.55. The summed E-state index contributed by atoms with van der Waals surface area (Å²) in [7, 11) is 3.81. The highest BCUT2D eigenvalue weighted by molar-refractivity contribution is 6.03. The molecule has 6 nitrogen and oxygen atoms in total. The Balaban J connectivity index is 1.79. The van der Waals surface area contributed by atoms with E-state index in [1.165, 1.54) is 0 Å².